The van der Waals surface area contributed by atoms with Crippen LogP contribution in [0.5, 0.6) is 0 Å². The Kier molecular flexibility index (Phi) is 2.04. The first kappa shape index (κ1) is 8.97. The highest BCUT2D eigenvalue weighted by Gasteiger charge is 2.24. The van der Waals surface area contributed by atoms with Crippen molar-refractivity contribution < 1.29 is 4.79 Å². The standard InChI is InChI=1S/C9H14N2O/c1-9(2,3)8(12)7-5-11(4)6-10-7/h5-6H,1-4H3. The Bertz CT molecular complexity index is 294. The topological polar surface area (TPSA) is 34.9 Å². The second-order valence-electron chi connectivity index (χ2n) is 4.00. The summed E-state index contributed by atoms with van der Waals surface area (Å²) < 4.78 is 1.78. The molecular weight excluding hydrogens is 152 g/mol. The van der Waals surface area contributed by atoms with Gasteiger partial charge >= 0.3 is 0 Å². The summed E-state index contributed by atoms with van der Waals surface area (Å²) in [4.78, 5) is 15.6. The molecule has 0 aliphatic rings. The molecular formula is C9H14N2O. The van der Waals surface area contributed by atoms with Crippen molar-refractivity contribution >= 4 is 5.78 Å². The summed E-state index contributed by atoms with van der Waals surface area (Å²) in [5, 5.41) is 0. The number of nitrogens with zero attached hydrogens (tertiary/aromatic N) is 2. The van der Waals surface area contributed by atoms with Crippen molar-refractivity contribution in [3.05, 3.63) is 18.2 Å². The first-order valence-electron chi connectivity index (χ1n) is 3.94. The molecule has 1 heterocycles. The van der Waals surface area contributed by atoms with Crippen molar-refractivity contribution in [3.8, 4) is 0 Å². The number of carbonyl (C=O) groups is 1. The van der Waals surface area contributed by atoms with Crippen molar-refractivity contribution in [1.82, 2.24) is 9.55 Å². The Balaban J connectivity index is 2.93. The van der Waals surface area contributed by atoms with Crippen molar-refractivity contribution in [2.75, 3.05) is 0 Å². The largest absolute Gasteiger partial charge is 0.340 e. The predicted octanol–water partition coefficient (Wildman–Crippen LogP) is 1.65. The van der Waals surface area contributed by atoms with Gasteiger partial charge in [0, 0.05) is 18.7 Å². The van der Waals surface area contributed by atoms with Gasteiger partial charge in [0.25, 0.3) is 0 Å². The molecule has 0 unspecified atom stereocenters. The molecule has 0 aliphatic heterocycles. The van der Waals surface area contributed by atoms with E-state index in [9.17, 15) is 4.79 Å². The van der Waals surface area contributed by atoms with E-state index in [4.69, 9.17) is 0 Å². The van der Waals surface area contributed by atoms with Gasteiger partial charge in [0.1, 0.15) is 5.69 Å². The molecule has 1 aromatic heterocycles. The van der Waals surface area contributed by atoms with Gasteiger partial charge in [-0.1, -0.05) is 20.8 Å². The number of hydrogen-bond donors (Lipinski definition) is 0. The normalized spacial score (nSPS) is 11.7. The van der Waals surface area contributed by atoms with E-state index in [1.54, 1.807) is 17.1 Å². The summed E-state index contributed by atoms with van der Waals surface area (Å²) >= 11 is 0. The van der Waals surface area contributed by atoms with E-state index < -0.39 is 0 Å². The maximum absolute atomic E-state index is 11.6. The Hall–Kier alpha value is -1.12. The molecule has 3 heteroatoms. The molecule has 0 bridgehead atoms. The molecule has 0 atom stereocenters. The number of carbonyl (C=O) groups excluding carboxylic acids is 1. The first-order chi connectivity index (χ1) is 5.41. The number of imidazole rings is 1. The van der Waals surface area contributed by atoms with Crippen LogP contribution < -0.4 is 0 Å². The van der Waals surface area contributed by atoms with Crippen LogP contribution in [0, 0.1) is 5.41 Å². The van der Waals surface area contributed by atoms with E-state index in [0.717, 1.165) is 0 Å². The van der Waals surface area contributed by atoms with Crippen LogP contribution in [0.3, 0.4) is 0 Å². The molecule has 12 heavy (non-hydrogen) atoms. The first-order valence-corrected chi connectivity index (χ1v) is 3.94. The minimum Gasteiger partial charge on any atom is -0.340 e. The summed E-state index contributed by atoms with van der Waals surface area (Å²) in [5.74, 6) is 0.0862. The molecule has 66 valence electrons. The summed E-state index contributed by atoms with van der Waals surface area (Å²) in [5.41, 5.74) is 0.207. The van der Waals surface area contributed by atoms with E-state index in [2.05, 4.69) is 4.98 Å². The Labute approximate surface area is 72.4 Å². The average Bonchev–Trinajstić information content (AvgIpc) is 2.32. The smallest absolute Gasteiger partial charge is 0.188 e. The van der Waals surface area contributed by atoms with Gasteiger partial charge in [-0.3, -0.25) is 4.79 Å². The lowest BCUT2D eigenvalue weighted by atomic mass is 9.89. The maximum Gasteiger partial charge on any atom is 0.188 e. The van der Waals surface area contributed by atoms with Crippen molar-refractivity contribution in [3.63, 3.8) is 0 Å². The van der Waals surface area contributed by atoms with Gasteiger partial charge in [0.05, 0.1) is 6.33 Å². The average molecular weight is 166 g/mol. The van der Waals surface area contributed by atoms with E-state index >= 15 is 0 Å². The van der Waals surface area contributed by atoms with Gasteiger partial charge < -0.3 is 4.57 Å². The van der Waals surface area contributed by atoms with Gasteiger partial charge in [-0.15, -0.1) is 0 Å². The zero-order chi connectivity index (χ0) is 9.35. The summed E-state index contributed by atoms with van der Waals surface area (Å²) in [6.45, 7) is 5.68. The number of hydrogen-bond acceptors (Lipinski definition) is 2. The molecule has 1 rings (SSSR count). The van der Waals surface area contributed by atoms with Gasteiger partial charge in [0.2, 0.25) is 0 Å². The molecule has 0 spiro atoms. The fourth-order valence-corrected chi connectivity index (χ4v) is 0.914. The highest BCUT2D eigenvalue weighted by molar-refractivity contribution is 5.97. The van der Waals surface area contributed by atoms with Crippen molar-refractivity contribution in [2.45, 2.75) is 20.8 Å². The fraction of sp³-hybridized carbons (Fsp3) is 0.556. The number of ketones is 1. The molecule has 3 nitrogen and oxygen atoms in total. The maximum atomic E-state index is 11.6. The van der Waals surface area contributed by atoms with Crippen LogP contribution in [-0.2, 0) is 7.05 Å². The predicted molar refractivity (Wildman–Crippen MR) is 47.0 cm³/mol. The Morgan fingerprint density at radius 2 is 2.08 bits per heavy atom. The zero-order valence-electron chi connectivity index (χ0n) is 7.96. The van der Waals surface area contributed by atoms with Crippen LogP contribution >= 0.6 is 0 Å². The zero-order valence-corrected chi connectivity index (χ0v) is 7.96. The number of aromatic nitrogens is 2. The lowest BCUT2D eigenvalue weighted by Gasteiger charge is -2.13. The quantitative estimate of drug-likeness (QED) is 0.594. The second-order valence-corrected chi connectivity index (χ2v) is 4.00. The van der Waals surface area contributed by atoms with Crippen molar-refractivity contribution in [1.29, 1.82) is 0 Å². The van der Waals surface area contributed by atoms with Crippen LogP contribution in [0.15, 0.2) is 12.5 Å². The number of aryl methyl sites for hydroxylation is 1. The molecule has 0 saturated heterocycles. The van der Waals surface area contributed by atoms with E-state index in [-0.39, 0.29) is 11.2 Å². The van der Waals surface area contributed by atoms with Gasteiger partial charge in [-0.2, -0.15) is 0 Å². The lowest BCUT2D eigenvalue weighted by Crippen LogP contribution is -2.20. The summed E-state index contributed by atoms with van der Waals surface area (Å²) in [6, 6.07) is 0. The molecule has 0 fully saturated rings. The van der Waals surface area contributed by atoms with Crippen LogP contribution in [0.4, 0.5) is 0 Å². The highest BCUT2D eigenvalue weighted by atomic mass is 16.1. The van der Waals surface area contributed by atoms with Crippen LogP contribution in [0.25, 0.3) is 0 Å². The van der Waals surface area contributed by atoms with Gasteiger partial charge in [0.15, 0.2) is 5.78 Å². The molecule has 0 aromatic carbocycles. The van der Waals surface area contributed by atoms with Crippen LogP contribution in [-0.4, -0.2) is 15.3 Å². The third-order valence-electron chi connectivity index (χ3n) is 1.62. The Morgan fingerprint density at radius 3 is 2.42 bits per heavy atom. The molecule has 0 N–H and O–H groups in total. The number of Topliss-reactive ketones (excluding diaryl/α,β-unsaturated/α-hetero) is 1. The molecule has 0 saturated carbocycles. The minimum absolute atomic E-state index is 0.0862. The lowest BCUT2D eigenvalue weighted by molar-refractivity contribution is 0.0853. The fourth-order valence-electron chi connectivity index (χ4n) is 0.914. The van der Waals surface area contributed by atoms with Crippen LogP contribution in [0.2, 0.25) is 0 Å². The van der Waals surface area contributed by atoms with E-state index in [0.29, 0.717) is 5.69 Å². The SMILES string of the molecule is Cn1cnc(C(=O)C(C)(C)C)c1. The number of rotatable bonds is 1. The minimum atomic E-state index is -0.339. The van der Waals surface area contributed by atoms with Gasteiger partial charge in [-0.25, -0.2) is 4.98 Å². The molecule has 1 aromatic rings. The van der Waals surface area contributed by atoms with E-state index in [1.165, 1.54) is 0 Å². The highest BCUT2D eigenvalue weighted by Crippen LogP contribution is 2.18. The molecule has 0 radical (unpaired) electrons. The summed E-state index contributed by atoms with van der Waals surface area (Å²) in [7, 11) is 1.85. The molecule has 0 aliphatic carbocycles. The van der Waals surface area contributed by atoms with Crippen LogP contribution in [0.1, 0.15) is 31.3 Å². The molecule has 0 amide bonds. The Morgan fingerprint density at radius 1 is 1.50 bits per heavy atom. The second kappa shape index (κ2) is 2.73. The monoisotopic (exact) mass is 166 g/mol. The van der Waals surface area contributed by atoms with Crippen molar-refractivity contribution in [2.24, 2.45) is 12.5 Å². The van der Waals surface area contributed by atoms with Gasteiger partial charge in [-0.05, 0) is 0 Å². The third-order valence-corrected chi connectivity index (χ3v) is 1.62. The third kappa shape index (κ3) is 1.72. The summed E-state index contributed by atoms with van der Waals surface area (Å²) in [6.07, 6.45) is 3.38. The van der Waals surface area contributed by atoms with E-state index in [1.807, 2.05) is 27.8 Å².